The summed E-state index contributed by atoms with van der Waals surface area (Å²) in [6, 6.07) is 4.00. The van der Waals surface area contributed by atoms with Crippen molar-refractivity contribution in [3.05, 3.63) is 39.4 Å². The number of hydrogen-bond acceptors (Lipinski definition) is 6. The number of carbonyl (C=O) groups is 2. The lowest BCUT2D eigenvalue weighted by molar-refractivity contribution is -0.385. The van der Waals surface area contributed by atoms with Gasteiger partial charge in [0.1, 0.15) is 5.60 Å². The van der Waals surface area contributed by atoms with Gasteiger partial charge in [0.15, 0.2) is 0 Å². The van der Waals surface area contributed by atoms with Crippen molar-refractivity contribution in [2.45, 2.75) is 32.9 Å². The molecule has 0 aromatic heterocycles. The Morgan fingerprint density at radius 3 is 2.48 bits per heavy atom. The predicted octanol–water partition coefficient (Wildman–Crippen LogP) is 2.54. The fourth-order valence-electron chi connectivity index (χ4n) is 1.73. The first-order chi connectivity index (χ1) is 10.5. The van der Waals surface area contributed by atoms with Gasteiger partial charge in [-0.2, -0.15) is 0 Å². The number of amides is 2. The van der Waals surface area contributed by atoms with Crippen molar-refractivity contribution in [2.24, 2.45) is 0 Å². The van der Waals surface area contributed by atoms with Crippen LogP contribution in [0.1, 0.15) is 36.7 Å². The van der Waals surface area contributed by atoms with E-state index >= 15 is 0 Å². The molecule has 0 spiro atoms. The van der Waals surface area contributed by atoms with E-state index < -0.39 is 22.5 Å². The zero-order valence-corrected chi connectivity index (χ0v) is 14.2. The molecule has 0 atom stereocenters. The topological polar surface area (TPSA) is 102 Å². The lowest BCUT2D eigenvalue weighted by Crippen LogP contribution is -2.34. The van der Waals surface area contributed by atoms with E-state index in [0.29, 0.717) is 5.56 Å². The van der Waals surface area contributed by atoms with Crippen molar-refractivity contribution in [2.75, 3.05) is 7.05 Å². The molecule has 1 N–H and O–H groups in total. The highest BCUT2D eigenvalue weighted by atomic mass is 32.1. The summed E-state index contributed by atoms with van der Waals surface area (Å²) in [6.07, 6.45) is -0.594. The number of carbonyl (C=O) groups excluding carboxylic acids is 2. The number of rotatable bonds is 4. The third kappa shape index (κ3) is 5.44. The number of ether oxygens (including phenoxy) is 1. The fraction of sp³-hybridized carbons (Fsp3) is 0.429. The summed E-state index contributed by atoms with van der Waals surface area (Å²) in [5, 5.41) is 11.2. The molecule has 9 heteroatoms. The van der Waals surface area contributed by atoms with Gasteiger partial charge in [-0.1, -0.05) is 12.8 Å². The molecule has 0 aliphatic rings. The molecule has 0 heterocycles. The number of thiol groups is 1. The van der Waals surface area contributed by atoms with Crippen LogP contribution >= 0.6 is 12.8 Å². The maximum absolute atomic E-state index is 11.9. The van der Waals surface area contributed by atoms with Crippen LogP contribution < -0.4 is 4.72 Å². The standard InChI is InChI=1S/C14H19N3O5S/c1-14(2,3)22-13(19)16(4)8-10-6-5-9(12(18)15-23)7-11(10)17(20)21/h5-7,23H,8H2,1-4H3,(H,15,18). The second-order valence-electron chi connectivity index (χ2n) is 5.88. The Labute approximate surface area is 139 Å². The zero-order valence-electron chi connectivity index (χ0n) is 13.3. The van der Waals surface area contributed by atoms with E-state index in [2.05, 4.69) is 17.5 Å². The van der Waals surface area contributed by atoms with Gasteiger partial charge in [-0.25, -0.2) is 4.79 Å². The highest BCUT2D eigenvalue weighted by Gasteiger charge is 2.23. The zero-order chi connectivity index (χ0) is 17.8. The molecule has 0 saturated heterocycles. The van der Waals surface area contributed by atoms with Crippen LogP contribution in [0, 0.1) is 10.1 Å². The Balaban J connectivity index is 3.02. The summed E-state index contributed by atoms with van der Waals surface area (Å²) in [6.45, 7) is 5.16. The van der Waals surface area contributed by atoms with Gasteiger partial charge in [-0.05, 0) is 32.9 Å². The highest BCUT2D eigenvalue weighted by molar-refractivity contribution is 7.78. The van der Waals surface area contributed by atoms with Gasteiger partial charge in [0.2, 0.25) is 0 Å². The summed E-state index contributed by atoms with van der Waals surface area (Å²) < 4.78 is 7.29. The van der Waals surface area contributed by atoms with Gasteiger partial charge in [-0.3, -0.25) is 19.6 Å². The van der Waals surface area contributed by atoms with Gasteiger partial charge in [0.25, 0.3) is 11.6 Å². The second kappa shape index (κ2) is 7.32. The smallest absolute Gasteiger partial charge is 0.410 e. The van der Waals surface area contributed by atoms with Crippen molar-refractivity contribution in [3.63, 3.8) is 0 Å². The summed E-state index contributed by atoms with van der Waals surface area (Å²) in [5.41, 5.74) is -0.518. The molecular formula is C14H19N3O5S. The Kier molecular flexibility index (Phi) is 5.97. The van der Waals surface area contributed by atoms with Gasteiger partial charge in [0.05, 0.1) is 11.5 Å². The van der Waals surface area contributed by atoms with E-state index in [9.17, 15) is 19.7 Å². The summed E-state index contributed by atoms with van der Waals surface area (Å²) in [4.78, 5) is 35.2. The third-order valence-electron chi connectivity index (χ3n) is 2.76. The third-order valence-corrected chi connectivity index (χ3v) is 2.96. The molecule has 0 aliphatic heterocycles. The van der Waals surface area contributed by atoms with Crippen molar-refractivity contribution in [1.29, 1.82) is 0 Å². The first-order valence-electron chi connectivity index (χ1n) is 6.71. The van der Waals surface area contributed by atoms with E-state index in [4.69, 9.17) is 4.74 Å². The molecular weight excluding hydrogens is 322 g/mol. The quantitative estimate of drug-likeness (QED) is 0.498. The van der Waals surface area contributed by atoms with Crippen LogP contribution in [0.15, 0.2) is 18.2 Å². The van der Waals surface area contributed by atoms with Gasteiger partial charge >= 0.3 is 6.09 Å². The lowest BCUT2D eigenvalue weighted by Gasteiger charge is -2.24. The minimum Gasteiger partial charge on any atom is -0.444 e. The minimum atomic E-state index is -0.661. The molecule has 0 fully saturated rings. The molecule has 0 radical (unpaired) electrons. The first kappa shape index (κ1) is 18.8. The van der Waals surface area contributed by atoms with Crippen molar-refractivity contribution >= 4 is 30.5 Å². The Hall–Kier alpha value is -2.29. The predicted molar refractivity (Wildman–Crippen MR) is 87.2 cm³/mol. The van der Waals surface area contributed by atoms with Crippen LogP contribution in [0.5, 0.6) is 0 Å². The van der Waals surface area contributed by atoms with Gasteiger partial charge in [-0.15, -0.1) is 0 Å². The number of benzene rings is 1. The van der Waals surface area contributed by atoms with Crippen LogP contribution in [0.2, 0.25) is 0 Å². The van der Waals surface area contributed by atoms with Crippen LogP contribution in [0.25, 0.3) is 0 Å². The summed E-state index contributed by atoms with van der Waals surface area (Å²) >= 11 is 3.62. The fourth-order valence-corrected chi connectivity index (χ4v) is 1.86. The largest absolute Gasteiger partial charge is 0.444 e. The monoisotopic (exact) mass is 341 g/mol. The van der Waals surface area contributed by atoms with Crippen LogP contribution in [0.4, 0.5) is 10.5 Å². The van der Waals surface area contributed by atoms with Crippen molar-refractivity contribution < 1.29 is 19.2 Å². The SMILES string of the molecule is CN(Cc1ccc(C(=O)NS)cc1[N+](=O)[O-])C(=O)OC(C)(C)C. The molecule has 1 aromatic carbocycles. The van der Waals surface area contributed by atoms with Gasteiger partial charge < -0.3 is 9.64 Å². The number of hydrogen-bond donors (Lipinski definition) is 2. The number of nitrogens with zero attached hydrogens (tertiary/aromatic N) is 2. The number of nitro groups is 1. The number of nitro benzene ring substituents is 1. The molecule has 126 valence electrons. The average Bonchev–Trinajstić information content (AvgIpc) is 2.44. The van der Waals surface area contributed by atoms with E-state index in [1.165, 1.54) is 24.1 Å². The van der Waals surface area contributed by atoms with Crippen molar-refractivity contribution in [3.8, 4) is 0 Å². The van der Waals surface area contributed by atoms with Crippen molar-refractivity contribution in [1.82, 2.24) is 9.62 Å². The molecule has 1 rings (SSSR count). The van der Waals surface area contributed by atoms with E-state index in [-0.39, 0.29) is 17.8 Å². The highest BCUT2D eigenvalue weighted by Crippen LogP contribution is 2.22. The number of nitrogens with one attached hydrogen (secondary N) is 1. The minimum absolute atomic E-state index is 0.0198. The Bertz CT molecular complexity index is 627. The Morgan fingerprint density at radius 1 is 1.39 bits per heavy atom. The van der Waals surface area contributed by atoms with Crippen LogP contribution in [0.3, 0.4) is 0 Å². The summed E-state index contributed by atoms with van der Waals surface area (Å²) in [7, 11) is 1.48. The molecule has 0 aliphatic carbocycles. The van der Waals surface area contributed by atoms with E-state index in [1.54, 1.807) is 20.8 Å². The first-order valence-corrected chi connectivity index (χ1v) is 7.15. The molecule has 2 amide bonds. The Morgan fingerprint density at radius 2 is 2.00 bits per heavy atom. The normalized spacial score (nSPS) is 10.8. The molecule has 0 bridgehead atoms. The van der Waals surface area contributed by atoms with Crippen LogP contribution in [-0.4, -0.2) is 34.5 Å². The van der Waals surface area contributed by atoms with E-state index in [0.717, 1.165) is 6.07 Å². The maximum Gasteiger partial charge on any atom is 0.410 e. The van der Waals surface area contributed by atoms with Crippen LogP contribution in [-0.2, 0) is 11.3 Å². The molecule has 8 nitrogen and oxygen atoms in total. The lowest BCUT2D eigenvalue weighted by atomic mass is 10.1. The summed E-state index contributed by atoms with van der Waals surface area (Å²) in [5.74, 6) is -0.552. The maximum atomic E-state index is 11.9. The molecule has 23 heavy (non-hydrogen) atoms. The molecule has 1 aromatic rings. The van der Waals surface area contributed by atoms with Gasteiger partial charge in [0, 0.05) is 24.2 Å². The molecule has 0 unspecified atom stereocenters. The van der Waals surface area contributed by atoms with E-state index in [1.807, 2.05) is 0 Å². The average molecular weight is 341 g/mol. The molecule has 0 saturated carbocycles. The second-order valence-corrected chi connectivity index (χ2v) is 6.10.